The van der Waals surface area contributed by atoms with Crippen LogP contribution in [0.15, 0.2) is 18.2 Å². The molecule has 0 heterocycles. The fourth-order valence-electron chi connectivity index (χ4n) is 1.51. The van der Waals surface area contributed by atoms with E-state index in [0.29, 0.717) is 17.9 Å². The van der Waals surface area contributed by atoms with E-state index in [1.165, 1.54) is 12.1 Å². The molecule has 16 heavy (non-hydrogen) atoms. The lowest BCUT2D eigenvalue weighted by Crippen LogP contribution is -2.23. The van der Waals surface area contributed by atoms with Gasteiger partial charge in [-0.25, -0.2) is 0 Å². The number of phenols is 2. The molecule has 0 saturated carbocycles. The van der Waals surface area contributed by atoms with Crippen molar-refractivity contribution >= 4 is 10.8 Å². The lowest BCUT2D eigenvalue weighted by Gasteiger charge is -2.16. The fraction of sp³-hybridized carbons (Fsp3) is 0.455. The number of rotatable bonds is 5. The summed E-state index contributed by atoms with van der Waals surface area (Å²) in [5.74, 6) is 0.689. The number of aromatic hydroxyl groups is 2. The highest BCUT2D eigenvalue weighted by atomic mass is 32.2. The zero-order valence-electron chi connectivity index (χ0n) is 9.43. The van der Waals surface area contributed by atoms with Gasteiger partial charge in [-0.3, -0.25) is 4.21 Å². The van der Waals surface area contributed by atoms with Gasteiger partial charge in [-0.2, -0.15) is 0 Å². The molecule has 0 radical (unpaired) electrons. The van der Waals surface area contributed by atoms with Crippen LogP contribution in [0.3, 0.4) is 0 Å². The lowest BCUT2D eigenvalue weighted by molar-refractivity contribution is 0.421. The third kappa shape index (κ3) is 3.50. The first kappa shape index (κ1) is 13.0. The second-order valence-corrected chi connectivity index (χ2v) is 5.22. The Morgan fingerprint density at radius 3 is 2.44 bits per heavy atom. The topological polar surface area (TPSA) is 69.6 Å². The highest BCUT2D eigenvalue weighted by Gasteiger charge is 2.13. The van der Waals surface area contributed by atoms with Crippen molar-refractivity contribution in [3.05, 3.63) is 23.8 Å². The number of nitrogens with one attached hydrogen (secondary N) is 1. The summed E-state index contributed by atoms with van der Waals surface area (Å²) in [6.07, 6.45) is 1.64. The third-order valence-electron chi connectivity index (χ3n) is 2.33. The van der Waals surface area contributed by atoms with Crippen molar-refractivity contribution in [3.63, 3.8) is 0 Å². The van der Waals surface area contributed by atoms with E-state index in [0.717, 1.165) is 0 Å². The maximum absolute atomic E-state index is 10.9. The Kier molecular flexibility index (Phi) is 4.76. The van der Waals surface area contributed by atoms with Crippen LogP contribution in [0, 0.1) is 0 Å². The Bertz CT molecular complexity index is 361. The van der Waals surface area contributed by atoms with Crippen molar-refractivity contribution in [2.45, 2.75) is 13.0 Å². The van der Waals surface area contributed by atoms with Crippen LogP contribution in [-0.4, -0.2) is 33.0 Å². The molecular formula is C11H17NO3S. The molecule has 0 aromatic heterocycles. The van der Waals surface area contributed by atoms with Crippen LogP contribution in [-0.2, 0) is 10.8 Å². The molecule has 0 bridgehead atoms. The van der Waals surface area contributed by atoms with Crippen molar-refractivity contribution in [3.8, 4) is 11.5 Å². The molecule has 0 amide bonds. The molecule has 0 aliphatic heterocycles. The zero-order chi connectivity index (χ0) is 12.1. The minimum Gasteiger partial charge on any atom is -0.507 e. The Morgan fingerprint density at radius 2 is 1.94 bits per heavy atom. The quantitative estimate of drug-likeness (QED) is 0.725. The Labute approximate surface area is 97.8 Å². The van der Waals surface area contributed by atoms with E-state index in [9.17, 15) is 14.4 Å². The minimum absolute atomic E-state index is 0.0672. The first-order valence-corrected chi connectivity index (χ1v) is 6.79. The Hall–Kier alpha value is -1.07. The number of phenolic OH excluding ortho intramolecular Hbond substituents is 2. The summed E-state index contributed by atoms with van der Waals surface area (Å²) >= 11 is 0. The summed E-state index contributed by atoms with van der Waals surface area (Å²) in [6.45, 7) is 2.42. The van der Waals surface area contributed by atoms with Crippen LogP contribution in [0.25, 0.3) is 0 Å². The molecule has 0 aliphatic carbocycles. The Balaban J connectivity index is 2.65. The molecule has 90 valence electrons. The molecule has 0 spiro atoms. The summed E-state index contributed by atoms with van der Waals surface area (Å²) < 4.78 is 10.9. The van der Waals surface area contributed by atoms with E-state index in [1.807, 2.05) is 6.92 Å². The SMILES string of the molecule is CC(NCCS(C)=O)c1c(O)cccc1O. The monoisotopic (exact) mass is 243 g/mol. The van der Waals surface area contributed by atoms with Crippen LogP contribution in [0.1, 0.15) is 18.5 Å². The average Bonchev–Trinajstić information content (AvgIpc) is 2.16. The van der Waals surface area contributed by atoms with Crippen molar-refractivity contribution in [1.29, 1.82) is 0 Å². The smallest absolute Gasteiger partial charge is 0.124 e. The third-order valence-corrected chi connectivity index (χ3v) is 3.11. The van der Waals surface area contributed by atoms with Crippen molar-refractivity contribution in [2.75, 3.05) is 18.6 Å². The molecule has 4 nitrogen and oxygen atoms in total. The first-order chi connectivity index (χ1) is 7.52. The van der Waals surface area contributed by atoms with Gasteiger partial charge < -0.3 is 15.5 Å². The van der Waals surface area contributed by atoms with Crippen molar-refractivity contribution in [1.82, 2.24) is 5.32 Å². The number of hydrogen-bond acceptors (Lipinski definition) is 4. The zero-order valence-corrected chi connectivity index (χ0v) is 10.3. The van der Waals surface area contributed by atoms with Gasteiger partial charge in [0.2, 0.25) is 0 Å². The molecule has 2 atom stereocenters. The van der Waals surface area contributed by atoms with E-state index in [-0.39, 0.29) is 17.5 Å². The van der Waals surface area contributed by atoms with Crippen molar-refractivity contribution < 1.29 is 14.4 Å². The summed E-state index contributed by atoms with van der Waals surface area (Å²) in [7, 11) is -0.837. The van der Waals surface area contributed by atoms with Crippen LogP contribution in [0.5, 0.6) is 11.5 Å². The highest BCUT2D eigenvalue weighted by molar-refractivity contribution is 7.84. The summed E-state index contributed by atoms with van der Waals surface area (Å²) in [6, 6.07) is 4.48. The second-order valence-electron chi connectivity index (χ2n) is 3.66. The minimum atomic E-state index is -0.837. The van der Waals surface area contributed by atoms with E-state index in [2.05, 4.69) is 5.32 Å². The lowest BCUT2D eigenvalue weighted by atomic mass is 10.1. The molecule has 1 aromatic carbocycles. The van der Waals surface area contributed by atoms with Crippen molar-refractivity contribution in [2.24, 2.45) is 0 Å². The first-order valence-electron chi connectivity index (χ1n) is 5.06. The van der Waals surface area contributed by atoms with Gasteiger partial charge in [-0.15, -0.1) is 0 Å². The van der Waals surface area contributed by atoms with Gasteiger partial charge >= 0.3 is 0 Å². The van der Waals surface area contributed by atoms with E-state index >= 15 is 0 Å². The van der Waals surface area contributed by atoms with E-state index in [4.69, 9.17) is 0 Å². The normalized spacial score (nSPS) is 14.6. The van der Waals surface area contributed by atoms with Gasteiger partial charge in [-0.1, -0.05) is 6.07 Å². The summed E-state index contributed by atoms with van der Waals surface area (Å²) in [4.78, 5) is 0. The molecule has 5 heteroatoms. The molecule has 0 aliphatic rings. The summed E-state index contributed by atoms with van der Waals surface area (Å²) in [5, 5.41) is 22.3. The van der Waals surface area contributed by atoms with Gasteiger partial charge in [0.05, 0.1) is 5.56 Å². The van der Waals surface area contributed by atoms with Gasteiger partial charge in [-0.05, 0) is 19.1 Å². The maximum atomic E-state index is 10.9. The molecule has 2 unspecified atom stereocenters. The molecule has 0 fully saturated rings. The number of benzene rings is 1. The molecule has 1 rings (SSSR count). The number of hydrogen-bond donors (Lipinski definition) is 3. The van der Waals surface area contributed by atoms with Gasteiger partial charge in [0.25, 0.3) is 0 Å². The fourth-order valence-corrected chi connectivity index (χ4v) is 1.91. The second kappa shape index (κ2) is 5.86. The van der Waals surface area contributed by atoms with Crippen LogP contribution >= 0.6 is 0 Å². The van der Waals surface area contributed by atoms with Gasteiger partial charge in [0.1, 0.15) is 11.5 Å². The van der Waals surface area contributed by atoms with E-state index in [1.54, 1.807) is 12.3 Å². The molecule has 1 aromatic rings. The Morgan fingerprint density at radius 1 is 1.38 bits per heavy atom. The van der Waals surface area contributed by atoms with Crippen LogP contribution in [0.2, 0.25) is 0 Å². The largest absolute Gasteiger partial charge is 0.507 e. The molecular weight excluding hydrogens is 226 g/mol. The predicted octanol–water partition coefficient (Wildman–Crippen LogP) is 1.13. The van der Waals surface area contributed by atoms with E-state index < -0.39 is 10.8 Å². The van der Waals surface area contributed by atoms with Crippen LogP contribution < -0.4 is 5.32 Å². The van der Waals surface area contributed by atoms with Gasteiger partial charge in [0, 0.05) is 35.4 Å². The maximum Gasteiger partial charge on any atom is 0.124 e. The average molecular weight is 243 g/mol. The molecule has 3 N–H and O–H groups in total. The van der Waals surface area contributed by atoms with Gasteiger partial charge in [0.15, 0.2) is 0 Å². The summed E-state index contributed by atoms with van der Waals surface area (Å²) in [5.41, 5.74) is 0.476. The predicted molar refractivity (Wildman–Crippen MR) is 65.1 cm³/mol. The molecule has 0 saturated heterocycles. The highest BCUT2D eigenvalue weighted by Crippen LogP contribution is 2.31. The van der Waals surface area contributed by atoms with Crippen LogP contribution in [0.4, 0.5) is 0 Å². The standard InChI is InChI=1S/C11H17NO3S/c1-8(12-6-7-16(2)15)11-9(13)4-3-5-10(11)14/h3-5,8,12-14H,6-7H2,1-2H3.